The summed E-state index contributed by atoms with van der Waals surface area (Å²) in [7, 11) is 0. The zero-order chi connectivity index (χ0) is 9.10. The minimum absolute atomic E-state index is 0.134. The molecule has 0 saturated carbocycles. The lowest BCUT2D eigenvalue weighted by atomic mass is 10.2. The van der Waals surface area contributed by atoms with Crippen LogP contribution in [0.2, 0.25) is 0 Å². The molecule has 1 heterocycles. The van der Waals surface area contributed by atoms with Gasteiger partial charge in [-0.15, -0.1) is 0 Å². The third kappa shape index (κ3) is 1.70. The van der Waals surface area contributed by atoms with Gasteiger partial charge in [-0.1, -0.05) is 18.2 Å². The summed E-state index contributed by atoms with van der Waals surface area (Å²) in [4.78, 5) is 4.35. The highest BCUT2D eigenvalue weighted by Crippen LogP contribution is 2.10. The molecular weight excluding hydrogens is 164 g/mol. The number of nitrogens with two attached hydrogens (primary N) is 1. The fourth-order valence-corrected chi connectivity index (χ4v) is 1.27. The lowest BCUT2D eigenvalue weighted by Gasteiger charge is -1.99. The smallest absolute Gasteiger partial charge is 0.216 e. The average Bonchev–Trinajstić information content (AvgIpc) is 2.67. The second-order valence-corrected chi connectivity index (χ2v) is 3.00. The molecule has 1 atom stereocenters. The molecule has 1 aromatic carbocycles. The SMILES string of the molecule is NCC1COC(c2ccccc2)=N1. The zero-order valence-electron chi connectivity index (χ0n) is 7.31. The van der Waals surface area contributed by atoms with Gasteiger partial charge in [-0.2, -0.15) is 0 Å². The monoisotopic (exact) mass is 176 g/mol. The van der Waals surface area contributed by atoms with Crippen LogP contribution < -0.4 is 5.73 Å². The Morgan fingerprint density at radius 1 is 1.38 bits per heavy atom. The van der Waals surface area contributed by atoms with E-state index in [9.17, 15) is 0 Å². The standard InChI is InChI=1S/C10H12N2O/c11-6-9-7-13-10(12-9)8-4-2-1-3-5-8/h1-5,9H,6-7,11H2. The molecule has 0 bridgehead atoms. The van der Waals surface area contributed by atoms with Crippen molar-refractivity contribution in [2.24, 2.45) is 10.7 Å². The Morgan fingerprint density at radius 2 is 2.15 bits per heavy atom. The summed E-state index contributed by atoms with van der Waals surface area (Å²) in [5, 5.41) is 0. The van der Waals surface area contributed by atoms with E-state index >= 15 is 0 Å². The number of ether oxygens (including phenoxy) is 1. The van der Waals surface area contributed by atoms with Crippen molar-refractivity contribution in [1.29, 1.82) is 0 Å². The highest BCUT2D eigenvalue weighted by atomic mass is 16.5. The van der Waals surface area contributed by atoms with Crippen LogP contribution in [-0.2, 0) is 4.74 Å². The molecule has 3 nitrogen and oxygen atoms in total. The Hall–Kier alpha value is -1.35. The molecule has 68 valence electrons. The molecule has 0 aromatic heterocycles. The van der Waals surface area contributed by atoms with Gasteiger partial charge in [-0.3, -0.25) is 0 Å². The van der Waals surface area contributed by atoms with Crippen molar-refractivity contribution in [3.63, 3.8) is 0 Å². The lowest BCUT2D eigenvalue weighted by Crippen LogP contribution is -2.18. The van der Waals surface area contributed by atoms with Gasteiger partial charge >= 0.3 is 0 Å². The molecule has 1 unspecified atom stereocenters. The maximum absolute atomic E-state index is 5.49. The summed E-state index contributed by atoms with van der Waals surface area (Å²) in [5.41, 5.74) is 6.51. The van der Waals surface area contributed by atoms with Gasteiger partial charge < -0.3 is 10.5 Å². The van der Waals surface area contributed by atoms with E-state index in [0.29, 0.717) is 13.2 Å². The van der Waals surface area contributed by atoms with Gasteiger partial charge in [0.1, 0.15) is 12.6 Å². The van der Waals surface area contributed by atoms with Crippen molar-refractivity contribution in [2.75, 3.05) is 13.2 Å². The number of aliphatic imine (C=N–C) groups is 1. The summed E-state index contributed by atoms with van der Waals surface area (Å²) in [6.45, 7) is 1.16. The normalized spacial score (nSPS) is 21.0. The van der Waals surface area contributed by atoms with Crippen LogP contribution in [0, 0.1) is 0 Å². The van der Waals surface area contributed by atoms with E-state index in [-0.39, 0.29) is 6.04 Å². The van der Waals surface area contributed by atoms with Gasteiger partial charge in [-0.05, 0) is 12.1 Å². The molecule has 2 rings (SSSR count). The maximum atomic E-state index is 5.49. The van der Waals surface area contributed by atoms with Crippen molar-refractivity contribution in [1.82, 2.24) is 0 Å². The van der Waals surface area contributed by atoms with E-state index in [4.69, 9.17) is 10.5 Å². The van der Waals surface area contributed by atoms with Crippen LogP contribution in [0.1, 0.15) is 5.56 Å². The molecular formula is C10H12N2O. The van der Waals surface area contributed by atoms with Crippen LogP contribution in [-0.4, -0.2) is 25.1 Å². The fraction of sp³-hybridized carbons (Fsp3) is 0.300. The summed E-state index contributed by atoms with van der Waals surface area (Å²) < 4.78 is 5.41. The molecule has 0 spiro atoms. The predicted octanol–water partition coefficient (Wildman–Crippen LogP) is 0.791. The highest BCUT2D eigenvalue weighted by molar-refractivity contribution is 5.95. The second-order valence-electron chi connectivity index (χ2n) is 3.00. The van der Waals surface area contributed by atoms with E-state index in [1.54, 1.807) is 0 Å². The average molecular weight is 176 g/mol. The van der Waals surface area contributed by atoms with Crippen molar-refractivity contribution < 1.29 is 4.74 Å². The number of nitrogens with zero attached hydrogens (tertiary/aromatic N) is 1. The minimum Gasteiger partial charge on any atom is -0.475 e. The Morgan fingerprint density at radius 3 is 2.77 bits per heavy atom. The maximum Gasteiger partial charge on any atom is 0.216 e. The molecule has 1 aliphatic rings. The van der Waals surface area contributed by atoms with Crippen molar-refractivity contribution >= 4 is 5.90 Å². The molecule has 2 N–H and O–H groups in total. The first kappa shape index (κ1) is 8.26. The Kier molecular flexibility index (Phi) is 2.27. The second kappa shape index (κ2) is 3.58. The van der Waals surface area contributed by atoms with Gasteiger partial charge in [0.15, 0.2) is 0 Å². The first-order valence-electron chi connectivity index (χ1n) is 4.36. The quantitative estimate of drug-likeness (QED) is 0.724. The minimum atomic E-state index is 0.134. The lowest BCUT2D eigenvalue weighted by molar-refractivity contribution is 0.319. The highest BCUT2D eigenvalue weighted by Gasteiger charge is 2.17. The Bertz CT molecular complexity index is 308. The Labute approximate surface area is 77.2 Å². The molecule has 3 heteroatoms. The molecule has 0 saturated heterocycles. The Balaban J connectivity index is 2.19. The first-order valence-corrected chi connectivity index (χ1v) is 4.36. The van der Waals surface area contributed by atoms with E-state index < -0.39 is 0 Å². The van der Waals surface area contributed by atoms with E-state index in [1.807, 2.05) is 30.3 Å². The molecule has 1 aromatic rings. The molecule has 0 fully saturated rings. The number of rotatable bonds is 2. The van der Waals surface area contributed by atoms with Crippen molar-refractivity contribution in [3.8, 4) is 0 Å². The van der Waals surface area contributed by atoms with E-state index in [0.717, 1.165) is 11.5 Å². The number of benzene rings is 1. The summed E-state index contributed by atoms with van der Waals surface area (Å²) in [6, 6.07) is 10.0. The fourth-order valence-electron chi connectivity index (χ4n) is 1.27. The van der Waals surface area contributed by atoms with Crippen LogP contribution in [0.4, 0.5) is 0 Å². The summed E-state index contributed by atoms with van der Waals surface area (Å²) >= 11 is 0. The molecule has 1 aliphatic heterocycles. The van der Waals surface area contributed by atoms with Crippen LogP contribution >= 0.6 is 0 Å². The summed E-state index contributed by atoms with van der Waals surface area (Å²) in [5.74, 6) is 0.719. The molecule has 13 heavy (non-hydrogen) atoms. The topological polar surface area (TPSA) is 47.6 Å². The number of hydrogen-bond acceptors (Lipinski definition) is 3. The first-order chi connectivity index (χ1) is 6.40. The van der Waals surface area contributed by atoms with Gasteiger partial charge in [0.25, 0.3) is 0 Å². The van der Waals surface area contributed by atoms with Crippen molar-refractivity contribution in [2.45, 2.75) is 6.04 Å². The third-order valence-corrected chi connectivity index (χ3v) is 2.01. The van der Waals surface area contributed by atoms with E-state index in [1.165, 1.54) is 0 Å². The summed E-state index contributed by atoms with van der Waals surface area (Å²) in [6.07, 6.45) is 0. The molecule has 0 radical (unpaired) electrons. The van der Waals surface area contributed by atoms with Gasteiger partial charge in [0.05, 0.1) is 0 Å². The predicted molar refractivity (Wildman–Crippen MR) is 51.8 cm³/mol. The zero-order valence-corrected chi connectivity index (χ0v) is 7.31. The molecule has 0 amide bonds. The third-order valence-electron chi connectivity index (χ3n) is 2.01. The largest absolute Gasteiger partial charge is 0.475 e. The van der Waals surface area contributed by atoms with Crippen LogP contribution in [0.15, 0.2) is 35.3 Å². The van der Waals surface area contributed by atoms with Crippen LogP contribution in [0.25, 0.3) is 0 Å². The van der Waals surface area contributed by atoms with E-state index in [2.05, 4.69) is 4.99 Å². The number of hydrogen-bond donors (Lipinski definition) is 1. The van der Waals surface area contributed by atoms with Crippen LogP contribution in [0.5, 0.6) is 0 Å². The van der Waals surface area contributed by atoms with Crippen LogP contribution in [0.3, 0.4) is 0 Å². The van der Waals surface area contributed by atoms with Crippen molar-refractivity contribution in [3.05, 3.63) is 35.9 Å². The molecule has 0 aliphatic carbocycles. The van der Waals surface area contributed by atoms with Gasteiger partial charge in [0, 0.05) is 12.1 Å². The van der Waals surface area contributed by atoms with Gasteiger partial charge in [-0.25, -0.2) is 4.99 Å². The van der Waals surface area contributed by atoms with Gasteiger partial charge in [0.2, 0.25) is 5.90 Å².